The number of nitriles is 1. The summed E-state index contributed by atoms with van der Waals surface area (Å²) in [5, 5.41) is 10.1. The van der Waals surface area contributed by atoms with E-state index in [0.29, 0.717) is 33.4 Å². The number of thiazole rings is 1. The van der Waals surface area contributed by atoms with Gasteiger partial charge in [0.25, 0.3) is 0 Å². The zero-order valence-corrected chi connectivity index (χ0v) is 14.0. The molecule has 0 aliphatic rings. The average molecular weight is 310 g/mol. The van der Waals surface area contributed by atoms with Crippen LogP contribution in [-0.4, -0.2) is 23.0 Å². The SMILES string of the molecule is [B]OC(=C(C#N)c1nc(C)c(C)s1)c1c(C)nc(C)nc1C. The van der Waals surface area contributed by atoms with Gasteiger partial charge in [-0.05, 0) is 34.6 Å². The Morgan fingerprint density at radius 1 is 1.05 bits per heavy atom. The smallest absolute Gasteiger partial charge is 0.374 e. The molecular weight excluding hydrogens is 295 g/mol. The molecule has 2 radical (unpaired) electrons. The van der Waals surface area contributed by atoms with Gasteiger partial charge in [-0.3, -0.25) is 0 Å². The topological polar surface area (TPSA) is 71.7 Å². The molecule has 0 saturated heterocycles. The normalized spacial score (nSPS) is 11.8. The highest BCUT2D eigenvalue weighted by Gasteiger charge is 2.20. The Morgan fingerprint density at radius 2 is 1.64 bits per heavy atom. The van der Waals surface area contributed by atoms with E-state index < -0.39 is 0 Å². The minimum atomic E-state index is 0.256. The van der Waals surface area contributed by atoms with Crippen LogP contribution in [0, 0.1) is 45.9 Å². The zero-order chi connectivity index (χ0) is 16.4. The van der Waals surface area contributed by atoms with Crippen molar-refractivity contribution in [2.24, 2.45) is 0 Å². The van der Waals surface area contributed by atoms with Gasteiger partial charge < -0.3 is 4.65 Å². The van der Waals surface area contributed by atoms with Crippen LogP contribution in [-0.2, 0) is 4.65 Å². The highest BCUT2D eigenvalue weighted by molar-refractivity contribution is 7.13. The molecule has 2 heterocycles. The van der Waals surface area contributed by atoms with Gasteiger partial charge in [-0.25, -0.2) is 15.0 Å². The Kier molecular flexibility index (Phi) is 4.62. The van der Waals surface area contributed by atoms with E-state index >= 15 is 0 Å². The van der Waals surface area contributed by atoms with Gasteiger partial charge in [0.2, 0.25) is 0 Å². The monoisotopic (exact) mass is 310 g/mol. The molecule has 2 aromatic rings. The Labute approximate surface area is 135 Å². The van der Waals surface area contributed by atoms with Crippen LogP contribution in [0.15, 0.2) is 0 Å². The largest absolute Gasteiger partial charge is 0.566 e. The molecule has 0 aliphatic carbocycles. The van der Waals surface area contributed by atoms with Gasteiger partial charge in [-0.1, -0.05) is 0 Å². The van der Waals surface area contributed by atoms with E-state index in [9.17, 15) is 5.26 Å². The van der Waals surface area contributed by atoms with Gasteiger partial charge in [0.05, 0.1) is 22.6 Å². The van der Waals surface area contributed by atoms with E-state index in [-0.39, 0.29) is 5.76 Å². The number of nitrogens with zero attached hydrogens (tertiary/aromatic N) is 4. The predicted octanol–water partition coefficient (Wildman–Crippen LogP) is 2.97. The van der Waals surface area contributed by atoms with Crippen molar-refractivity contribution < 1.29 is 4.65 Å². The molecule has 22 heavy (non-hydrogen) atoms. The van der Waals surface area contributed by atoms with Crippen LogP contribution in [0.25, 0.3) is 11.3 Å². The van der Waals surface area contributed by atoms with Crippen LogP contribution >= 0.6 is 11.3 Å². The first-order chi connectivity index (χ1) is 10.4. The molecule has 0 spiro atoms. The number of hydrogen-bond acceptors (Lipinski definition) is 6. The third-order valence-corrected chi connectivity index (χ3v) is 4.40. The first-order valence-electron chi connectivity index (χ1n) is 6.66. The summed E-state index contributed by atoms with van der Waals surface area (Å²) in [4.78, 5) is 14.1. The molecule has 0 aliphatic heterocycles. The van der Waals surface area contributed by atoms with E-state index in [1.807, 2.05) is 34.6 Å². The molecule has 0 aromatic carbocycles. The van der Waals surface area contributed by atoms with Crippen molar-refractivity contribution in [1.29, 1.82) is 5.26 Å². The Balaban J connectivity index is 2.75. The van der Waals surface area contributed by atoms with Crippen molar-refractivity contribution in [3.8, 4) is 6.07 Å². The second kappa shape index (κ2) is 6.28. The molecule has 0 fully saturated rings. The molecule has 0 atom stereocenters. The van der Waals surface area contributed by atoms with Gasteiger partial charge in [-0.2, -0.15) is 5.26 Å². The van der Waals surface area contributed by atoms with Crippen LogP contribution < -0.4 is 0 Å². The summed E-state index contributed by atoms with van der Waals surface area (Å²) in [5.74, 6) is 0.917. The van der Waals surface area contributed by atoms with Crippen LogP contribution in [0.4, 0.5) is 0 Å². The average Bonchev–Trinajstić information content (AvgIpc) is 2.76. The van der Waals surface area contributed by atoms with Crippen molar-refractivity contribution in [2.75, 3.05) is 0 Å². The van der Waals surface area contributed by atoms with E-state index in [1.165, 1.54) is 11.3 Å². The van der Waals surface area contributed by atoms with E-state index in [2.05, 4.69) is 21.0 Å². The molecule has 0 saturated carbocycles. The fourth-order valence-corrected chi connectivity index (χ4v) is 3.14. The molecule has 2 rings (SSSR count). The van der Waals surface area contributed by atoms with E-state index in [1.54, 1.807) is 0 Å². The summed E-state index contributed by atoms with van der Waals surface area (Å²) in [7, 11) is 5.45. The summed E-state index contributed by atoms with van der Waals surface area (Å²) in [6.07, 6.45) is 0. The lowest BCUT2D eigenvalue weighted by atomic mass is 10.1. The lowest BCUT2D eigenvalue weighted by Gasteiger charge is -2.14. The number of allylic oxidation sites excluding steroid dienone is 1. The Hall–Kier alpha value is -2.20. The van der Waals surface area contributed by atoms with Crippen LogP contribution in [0.3, 0.4) is 0 Å². The molecule has 0 N–H and O–H groups in total. The van der Waals surface area contributed by atoms with Crippen molar-refractivity contribution >= 4 is 30.7 Å². The Bertz CT molecular complexity index is 762. The van der Waals surface area contributed by atoms with Crippen molar-refractivity contribution in [2.45, 2.75) is 34.6 Å². The highest BCUT2D eigenvalue weighted by atomic mass is 32.1. The van der Waals surface area contributed by atoms with Crippen LogP contribution in [0.1, 0.15) is 38.4 Å². The predicted molar refractivity (Wildman–Crippen MR) is 87.1 cm³/mol. The maximum atomic E-state index is 9.56. The van der Waals surface area contributed by atoms with E-state index in [4.69, 9.17) is 12.7 Å². The van der Waals surface area contributed by atoms with Crippen LogP contribution in [0.2, 0.25) is 0 Å². The second-order valence-electron chi connectivity index (χ2n) is 4.91. The standard InChI is InChI=1S/C15H15BN4OS/c1-7-10(4)22-15(20-7)12(6-17)14(21-16)13-8(2)18-11(5)19-9(13)3/h1-5H3. The van der Waals surface area contributed by atoms with Gasteiger partial charge in [0.1, 0.15) is 28.2 Å². The maximum absolute atomic E-state index is 9.56. The molecule has 110 valence electrons. The molecular formula is C15H15BN4OS. The van der Waals surface area contributed by atoms with Gasteiger partial charge in [0, 0.05) is 4.88 Å². The van der Waals surface area contributed by atoms with Crippen LogP contribution in [0.5, 0.6) is 0 Å². The quantitative estimate of drug-likeness (QED) is 0.495. The molecule has 0 bridgehead atoms. The minimum Gasteiger partial charge on any atom is -0.566 e. The number of aromatic nitrogens is 3. The van der Waals surface area contributed by atoms with Crippen molar-refractivity contribution in [3.63, 3.8) is 0 Å². The lowest BCUT2D eigenvalue weighted by molar-refractivity contribution is 0.571. The summed E-state index contributed by atoms with van der Waals surface area (Å²) in [5.41, 5.74) is 3.24. The van der Waals surface area contributed by atoms with Gasteiger partial charge in [-0.15, -0.1) is 11.3 Å². The van der Waals surface area contributed by atoms with Gasteiger partial charge >= 0.3 is 8.05 Å². The number of aryl methyl sites for hydroxylation is 5. The number of rotatable bonds is 3. The maximum Gasteiger partial charge on any atom is 0.374 e. The third kappa shape index (κ3) is 2.88. The lowest BCUT2D eigenvalue weighted by Crippen LogP contribution is -2.05. The Morgan fingerprint density at radius 3 is 2.05 bits per heavy atom. The molecule has 0 amide bonds. The fraction of sp³-hybridized carbons (Fsp3) is 0.333. The molecule has 2 aromatic heterocycles. The summed E-state index contributed by atoms with van der Waals surface area (Å²) in [6, 6.07) is 2.14. The van der Waals surface area contributed by atoms with Crippen molar-refractivity contribution in [1.82, 2.24) is 15.0 Å². The number of hydrogen-bond donors (Lipinski definition) is 0. The molecule has 7 heteroatoms. The molecule has 0 unspecified atom stereocenters. The highest BCUT2D eigenvalue weighted by Crippen LogP contribution is 2.32. The summed E-state index contributed by atoms with van der Waals surface area (Å²) in [6.45, 7) is 9.35. The van der Waals surface area contributed by atoms with Crippen molar-refractivity contribution in [3.05, 3.63) is 38.4 Å². The van der Waals surface area contributed by atoms with E-state index in [0.717, 1.165) is 10.6 Å². The second-order valence-corrected chi connectivity index (χ2v) is 6.11. The zero-order valence-electron chi connectivity index (χ0n) is 13.2. The summed E-state index contributed by atoms with van der Waals surface area (Å²) >= 11 is 1.43. The summed E-state index contributed by atoms with van der Waals surface area (Å²) < 4.78 is 5.04. The minimum absolute atomic E-state index is 0.256. The fourth-order valence-electron chi connectivity index (χ4n) is 2.23. The first-order valence-corrected chi connectivity index (χ1v) is 7.48. The third-order valence-electron chi connectivity index (χ3n) is 3.31. The van der Waals surface area contributed by atoms with Gasteiger partial charge in [0.15, 0.2) is 0 Å². The first kappa shape index (κ1) is 16.2. The molecule has 5 nitrogen and oxygen atoms in total.